The highest BCUT2D eigenvalue weighted by molar-refractivity contribution is 6.03. The third-order valence-corrected chi connectivity index (χ3v) is 5.06. The lowest BCUT2D eigenvalue weighted by Crippen LogP contribution is -2.30. The summed E-state index contributed by atoms with van der Waals surface area (Å²) in [5.74, 6) is 0.0206. The minimum absolute atomic E-state index is 0.0585. The van der Waals surface area contributed by atoms with Gasteiger partial charge >= 0.3 is 0 Å². The zero-order chi connectivity index (χ0) is 22.7. The van der Waals surface area contributed by atoms with Crippen molar-refractivity contribution >= 4 is 29.1 Å². The summed E-state index contributed by atoms with van der Waals surface area (Å²) in [5, 5.41) is 8.91. The Morgan fingerprint density at radius 1 is 1.03 bits per heavy atom. The van der Waals surface area contributed by atoms with Gasteiger partial charge in [-0.05, 0) is 74.6 Å². The molecule has 32 heavy (non-hydrogen) atoms. The molecule has 1 fully saturated rings. The molecule has 164 valence electrons. The number of carbonyl (C=O) groups excluding carboxylic acids is 2. The number of amides is 2. The van der Waals surface area contributed by atoms with Gasteiger partial charge in [0.05, 0.1) is 0 Å². The van der Waals surface area contributed by atoms with Crippen LogP contribution in [0.5, 0.6) is 0 Å². The fraction of sp³-hybridized carbons (Fsp3) is 0.250. The largest absolute Gasteiger partial charge is 0.355 e. The van der Waals surface area contributed by atoms with E-state index in [2.05, 4.69) is 25.9 Å². The summed E-state index contributed by atoms with van der Waals surface area (Å²) >= 11 is 0. The minimum atomic E-state index is -0.347. The number of benzene rings is 2. The Labute approximate surface area is 185 Å². The number of carbonyl (C=O) groups is 2. The minimum Gasteiger partial charge on any atom is -0.355 e. The molecule has 2 amide bonds. The maximum Gasteiger partial charge on any atom is 0.257 e. The number of anilines is 3. The van der Waals surface area contributed by atoms with Crippen LogP contribution in [0.3, 0.4) is 0 Å². The van der Waals surface area contributed by atoms with Gasteiger partial charge in [-0.25, -0.2) is 4.98 Å². The Morgan fingerprint density at radius 2 is 1.81 bits per heavy atom. The van der Waals surface area contributed by atoms with Gasteiger partial charge in [-0.2, -0.15) is 0 Å². The molecule has 3 aromatic rings. The molecule has 8 nitrogen and oxygen atoms in total. The second-order valence-corrected chi connectivity index (χ2v) is 8.15. The third kappa shape index (κ3) is 5.21. The van der Waals surface area contributed by atoms with Gasteiger partial charge in [0.25, 0.3) is 17.4 Å². The maximum atomic E-state index is 12.7. The van der Waals surface area contributed by atoms with E-state index in [4.69, 9.17) is 0 Å². The van der Waals surface area contributed by atoms with Gasteiger partial charge in [0.1, 0.15) is 0 Å². The van der Waals surface area contributed by atoms with E-state index < -0.39 is 0 Å². The van der Waals surface area contributed by atoms with Gasteiger partial charge in [-0.15, -0.1) is 0 Å². The molecule has 1 heterocycles. The van der Waals surface area contributed by atoms with Crippen LogP contribution in [0, 0.1) is 0 Å². The Bertz CT molecular complexity index is 1210. The number of hydrogen-bond donors (Lipinski definition) is 4. The highest BCUT2D eigenvalue weighted by atomic mass is 16.2. The maximum absolute atomic E-state index is 12.7. The molecular weight excluding hydrogens is 406 g/mol. The summed E-state index contributed by atoms with van der Waals surface area (Å²) in [6.07, 6.45) is 3.46. The van der Waals surface area contributed by atoms with E-state index in [1.165, 1.54) is 12.3 Å². The number of nitrogens with one attached hydrogen (secondary N) is 4. The number of aromatic nitrogens is 2. The van der Waals surface area contributed by atoms with Crippen molar-refractivity contribution in [3.05, 3.63) is 81.8 Å². The molecule has 1 aliphatic rings. The molecule has 1 aliphatic carbocycles. The molecular formula is C24H25N5O3. The van der Waals surface area contributed by atoms with E-state index in [0.29, 0.717) is 17.0 Å². The van der Waals surface area contributed by atoms with Gasteiger partial charge in [0.15, 0.2) is 0 Å². The average Bonchev–Trinajstić information content (AvgIpc) is 3.59. The van der Waals surface area contributed by atoms with Crippen LogP contribution in [-0.2, 0) is 0 Å². The highest BCUT2D eigenvalue weighted by Gasteiger charge is 2.27. The molecule has 2 aromatic carbocycles. The van der Waals surface area contributed by atoms with Crippen molar-refractivity contribution in [3.8, 4) is 0 Å². The van der Waals surface area contributed by atoms with Crippen molar-refractivity contribution in [1.29, 1.82) is 0 Å². The first-order valence-corrected chi connectivity index (χ1v) is 10.6. The fourth-order valence-corrected chi connectivity index (χ4v) is 3.40. The lowest BCUT2D eigenvalue weighted by Gasteiger charge is -2.15. The number of H-pyrrole nitrogens is 1. The first-order chi connectivity index (χ1) is 15.4. The molecule has 0 unspecified atom stereocenters. The molecule has 8 heteroatoms. The molecule has 0 spiro atoms. The number of rotatable bonds is 7. The number of hydrogen-bond acceptors (Lipinski definition) is 5. The Kier molecular flexibility index (Phi) is 6.02. The quantitative estimate of drug-likeness (QED) is 0.454. The van der Waals surface area contributed by atoms with E-state index in [0.717, 1.165) is 29.8 Å². The van der Waals surface area contributed by atoms with Crippen LogP contribution in [-0.4, -0.2) is 27.8 Å². The molecule has 0 aliphatic heterocycles. The lowest BCUT2D eigenvalue weighted by atomic mass is 10.0. The summed E-state index contributed by atoms with van der Waals surface area (Å²) in [6.45, 7) is 3.84. The summed E-state index contributed by atoms with van der Waals surface area (Å²) in [5.41, 5.74) is 3.47. The SMILES string of the molecule is CC(C)NC(=O)c1cccc(Nc2ccc(C(=O)Nc3nccc(=O)[nH]3)cc2C2CC2)c1. The summed E-state index contributed by atoms with van der Waals surface area (Å²) in [7, 11) is 0. The van der Waals surface area contributed by atoms with Crippen LogP contribution in [0.4, 0.5) is 17.3 Å². The van der Waals surface area contributed by atoms with Crippen molar-refractivity contribution in [1.82, 2.24) is 15.3 Å². The molecule has 1 saturated carbocycles. The van der Waals surface area contributed by atoms with E-state index in [-0.39, 0.29) is 29.4 Å². The van der Waals surface area contributed by atoms with Crippen LogP contribution in [0.1, 0.15) is 58.9 Å². The second-order valence-electron chi connectivity index (χ2n) is 8.15. The van der Waals surface area contributed by atoms with Crippen LogP contribution in [0.25, 0.3) is 0 Å². The second kappa shape index (κ2) is 9.05. The van der Waals surface area contributed by atoms with E-state index in [1.54, 1.807) is 12.1 Å². The summed E-state index contributed by atoms with van der Waals surface area (Å²) in [6, 6.07) is 14.1. The van der Waals surface area contributed by atoms with Crippen molar-refractivity contribution < 1.29 is 9.59 Å². The van der Waals surface area contributed by atoms with Crippen molar-refractivity contribution in [2.45, 2.75) is 38.6 Å². The van der Waals surface area contributed by atoms with E-state index in [9.17, 15) is 14.4 Å². The molecule has 1 aromatic heterocycles. The molecule has 0 atom stereocenters. The highest BCUT2D eigenvalue weighted by Crippen LogP contribution is 2.44. The van der Waals surface area contributed by atoms with Crippen molar-refractivity contribution in [3.63, 3.8) is 0 Å². The number of aromatic amines is 1. The fourth-order valence-electron chi connectivity index (χ4n) is 3.40. The summed E-state index contributed by atoms with van der Waals surface area (Å²) < 4.78 is 0. The monoisotopic (exact) mass is 431 g/mol. The van der Waals surface area contributed by atoms with Crippen molar-refractivity contribution in [2.24, 2.45) is 0 Å². The van der Waals surface area contributed by atoms with Crippen LogP contribution < -0.4 is 21.5 Å². The van der Waals surface area contributed by atoms with Crippen LogP contribution in [0.15, 0.2) is 59.5 Å². The van der Waals surface area contributed by atoms with Crippen LogP contribution in [0.2, 0.25) is 0 Å². The summed E-state index contributed by atoms with van der Waals surface area (Å²) in [4.78, 5) is 42.8. The van der Waals surface area contributed by atoms with E-state index >= 15 is 0 Å². The molecule has 0 bridgehead atoms. The Balaban J connectivity index is 1.55. The predicted octanol–water partition coefficient (Wildman–Crippen LogP) is 3.78. The third-order valence-electron chi connectivity index (χ3n) is 5.06. The van der Waals surface area contributed by atoms with Crippen molar-refractivity contribution in [2.75, 3.05) is 10.6 Å². The van der Waals surface area contributed by atoms with Crippen LogP contribution >= 0.6 is 0 Å². The Morgan fingerprint density at radius 3 is 2.53 bits per heavy atom. The predicted molar refractivity (Wildman–Crippen MR) is 124 cm³/mol. The zero-order valence-electron chi connectivity index (χ0n) is 17.9. The molecule has 4 N–H and O–H groups in total. The van der Waals surface area contributed by atoms with Gasteiger partial charge in [0.2, 0.25) is 5.95 Å². The first kappa shape index (κ1) is 21.3. The normalized spacial score (nSPS) is 13.0. The standard InChI is InChI=1S/C24H25N5O3/c1-14(2)26-22(31)16-4-3-5-18(12-16)27-20-9-8-17(13-19(20)15-6-7-15)23(32)29-24-25-11-10-21(30)28-24/h3-5,8-15,27H,6-7H2,1-2H3,(H,26,31)(H2,25,28,29,30,32). The van der Waals surface area contributed by atoms with E-state index in [1.807, 2.05) is 44.2 Å². The average molecular weight is 431 g/mol. The van der Waals surface area contributed by atoms with Gasteiger partial charge in [-0.1, -0.05) is 6.07 Å². The molecule has 0 radical (unpaired) electrons. The first-order valence-electron chi connectivity index (χ1n) is 10.6. The van der Waals surface area contributed by atoms with Gasteiger partial charge < -0.3 is 10.6 Å². The van der Waals surface area contributed by atoms with Gasteiger partial charge in [-0.3, -0.25) is 24.7 Å². The zero-order valence-corrected chi connectivity index (χ0v) is 17.9. The van der Waals surface area contributed by atoms with Gasteiger partial charge in [0, 0.05) is 40.8 Å². The lowest BCUT2D eigenvalue weighted by molar-refractivity contribution is 0.0942. The Hall–Kier alpha value is -3.94. The topological polar surface area (TPSA) is 116 Å². The molecule has 4 rings (SSSR count). The smallest absolute Gasteiger partial charge is 0.257 e. The molecule has 0 saturated heterocycles. The number of nitrogens with zero attached hydrogens (tertiary/aromatic N) is 1.